The van der Waals surface area contributed by atoms with Crippen molar-refractivity contribution >= 4 is 38.1 Å². The van der Waals surface area contributed by atoms with Gasteiger partial charge in [0.25, 0.3) is 10.0 Å². The molecule has 1 aromatic heterocycles. The molecule has 24 heavy (non-hydrogen) atoms. The van der Waals surface area contributed by atoms with Crippen LogP contribution >= 0.6 is 11.3 Å². The van der Waals surface area contributed by atoms with E-state index in [0.29, 0.717) is 5.69 Å². The van der Waals surface area contributed by atoms with E-state index in [0.717, 1.165) is 17.8 Å². The Bertz CT molecular complexity index is 833. The molecule has 130 valence electrons. The number of ether oxygens (including phenoxy) is 1. The second-order valence-electron chi connectivity index (χ2n) is 4.90. The summed E-state index contributed by atoms with van der Waals surface area (Å²) < 4.78 is 32.7. The number of rotatable bonds is 7. The van der Waals surface area contributed by atoms with Gasteiger partial charge in [-0.2, -0.15) is 0 Å². The highest BCUT2D eigenvalue weighted by molar-refractivity contribution is 7.93. The molecule has 0 saturated heterocycles. The average Bonchev–Trinajstić information content (AvgIpc) is 2.93. The van der Waals surface area contributed by atoms with Gasteiger partial charge < -0.3 is 10.1 Å². The fraction of sp³-hybridized carbons (Fsp3) is 0.357. The molecular weight excluding hydrogens is 352 g/mol. The molecule has 2 rings (SSSR count). The van der Waals surface area contributed by atoms with Crippen molar-refractivity contribution in [1.82, 2.24) is 10.2 Å². The molecule has 0 atom stereocenters. The van der Waals surface area contributed by atoms with Crippen molar-refractivity contribution in [2.75, 3.05) is 17.1 Å². The molecule has 0 aliphatic heterocycles. The summed E-state index contributed by atoms with van der Waals surface area (Å²) >= 11 is 1.18. The van der Waals surface area contributed by atoms with Crippen molar-refractivity contribution in [2.45, 2.75) is 31.6 Å². The van der Waals surface area contributed by atoms with Gasteiger partial charge in [0, 0.05) is 19.0 Å². The summed E-state index contributed by atoms with van der Waals surface area (Å²) in [5.74, 6) is -0.139. The number of aromatic nitrogens is 2. The fourth-order valence-electron chi connectivity index (χ4n) is 1.95. The monoisotopic (exact) mass is 370 g/mol. The van der Waals surface area contributed by atoms with Crippen LogP contribution in [0.4, 0.5) is 10.8 Å². The van der Waals surface area contributed by atoms with Crippen LogP contribution in [0.25, 0.3) is 0 Å². The summed E-state index contributed by atoms with van der Waals surface area (Å²) in [5.41, 5.74) is 0.354. The van der Waals surface area contributed by atoms with Gasteiger partial charge in [0.1, 0.15) is 15.7 Å². The lowest BCUT2D eigenvalue weighted by Gasteiger charge is -2.11. The van der Waals surface area contributed by atoms with Crippen LogP contribution in [-0.4, -0.2) is 31.6 Å². The number of carbonyl (C=O) groups is 1. The van der Waals surface area contributed by atoms with Gasteiger partial charge in [-0.1, -0.05) is 18.3 Å². The molecule has 0 aliphatic carbocycles. The van der Waals surface area contributed by atoms with Crippen molar-refractivity contribution in [3.05, 3.63) is 23.2 Å². The maximum absolute atomic E-state index is 12.6. The normalized spacial score (nSPS) is 11.1. The van der Waals surface area contributed by atoms with E-state index in [9.17, 15) is 13.2 Å². The molecule has 2 aromatic rings. The zero-order valence-corrected chi connectivity index (χ0v) is 15.1. The number of hydrogen-bond acceptors (Lipinski definition) is 7. The lowest BCUT2D eigenvalue weighted by molar-refractivity contribution is -0.114. The van der Waals surface area contributed by atoms with Gasteiger partial charge in [0.05, 0.1) is 7.11 Å². The van der Waals surface area contributed by atoms with E-state index < -0.39 is 10.0 Å². The molecule has 8 nitrogen and oxygen atoms in total. The van der Waals surface area contributed by atoms with Crippen molar-refractivity contribution in [2.24, 2.45) is 0 Å². The Labute approximate surface area is 144 Å². The SMILES string of the molecule is CCCc1nnc(NS(=O)(=O)c2cc(NC(C)=O)ccc2OC)s1. The van der Waals surface area contributed by atoms with Crippen LogP contribution in [0.3, 0.4) is 0 Å². The number of nitrogens with zero attached hydrogens (tertiary/aromatic N) is 2. The highest BCUT2D eigenvalue weighted by Gasteiger charge is 2.22. The van der Waals surface area contributed by atoms with Crippen LogP contribution < -0.4 is 14.8 Å². The first kappa shape index (κ1) is 18.1. The number of sulfonamides is 1. The number of benzene rings is 1. The van der Waals surface area contributed by atoms with Gasteiger partial charge in [-0.15, -0.1) is 10.2 Å². The van der Waals surface area contributed by atoms with Gasteiger partial charge in [0.2, 0.25) is 11.0 Å². The quantitative estimate of drug-likeness (QED) is 0.773. The van der Waals surface area contributed by atoms with E-state index in [4.69, 9.17) is 4.74 Å². The zero-order valence-electron chi connectivity index (χ0n) is 13.5. The first-order valence-electron chi connectivity index (χ1n) is 7.16. The lowest BCUT2D eigenvalue weighted by Crippen LogP contribution is -2.15. The summed E-state index contributed by atoms with van der Waals surface area (Å²) in [6, 6.07) is 4.36. The summed E-state index contributed by atoms with van der Waals surface area (Å²) in [5, 5.41) is 11.3. The van der Waals surface area contributed by atoms with Gasteiger partial charge in [-0.25, -0.2) is 8.42 Å². The van der Waals surface area contributed by atoms with Crippen molar-refractivity contribution < 1.29 is 17.9 Å². The van der Waals surface area contributed by atoms with E-state index in [-0.39, 0.29) is 21.7 Å². The molecule has 10 heteroatoms. The van der Waals surface area contributed by atoms with E-state index >= 15 is 0 Å². The number of carbonyl (C=O) groups excluding carboxylic acids is 1. The number of methoxy groups -OCH3 is 1. The Morgan fingerprint density at radius 3 is 2.71 bits per heavy atom. The van der Waals surface area contributed by atoms with Crippen molar-refractivity contribution in [1.29, 1.82) is 0 Å². The molecule has 2 N–H and O–H groups in total. The van der Waals surface area contributed by atoms with E-state index in [1.807, 2.05) is 6.92 Å². The topological polar surface area (TPSA) is 110 Å². The van der Waals surface area contributed by atoms with Gasteiger partial charge in [0.15, 0.2) is 0 Å². The maximum atomic E-state index is 12.6. The Balaban J connectivity index is 2.33. The molecule has 1 amide bonds. The standard InChI is InChI=1S/C14H18N4O4S2/c1-4-5-13-16-17-14(23-13)18-24(20,21)12-8-10(15-9(2)19)6-7-11(12)22-3/h6-8H,4-5H2,1-3H3,(H,15,19)(H,17,18). The Hall–Kier alpha value is -2.20. The largest absolute Gasteiger partial charge is 0.495 e. The van der Waals surface area contributed by atoms with Crippen molar-refractivity contribution in [3.8, 4) is 5.75 Å². The second kappa shape index (κ2) is 7.58. The summed E-state index contributed by atoms with van der Waals surface area (Å²) in [4.78, 5) is 11.1. The van der Waals surface area contributed by atoms with Crippen LogP contribution in [0.5, 0.6) is 5.75 Å². The zero-order chi connectivity index (χ0) is 17.7. The van der Waals surface area contributed by atoms with Crippen LogP contribution in [0.1, 0.15) is 25.3 Å². The Kier molecular flexibility index (Phi) is 5.73. The molecule has 0 saturated carbocycles. The van der Waals surface area contributed by atoms with Crippen LogP contribution in [0, 0.1) is 0 Å². The minimum atomic E-state index is -3.93. The van der Waals surface area contributed by atoms with Gasteiger partial charge in [-0.3, -0.25) is 9.52 Å². The summed E-state index contributed by atoms with van der Waals surface area (Å²) in [7, 11) is -2.56. The minimum absolute atomic E-state index is 0.0940. The number of aryl methyl sites for hydroxylation is 1. The minimum Gasteiger partial charge on any atom is -0.495 e. The van der Waals surface area contributed by atoms with Crippen LogP contribution in [-0.2, 0) is 21.2 Å². The maximum Gasteiger partial charge on any atom is 0.267 e. The lowest BCUT2D eigenvalue weighted by atomic mass is 10.3. The summed E-state index contributed by atoms with van der Waals surface area (Å²) in [6.45, 7) is 3.34. The van der Waals surface area contributed by atoms with Crippen LogP contribution in [0.2, 0.25) is 0 Å². The Morgan fingerprint density at radius 2 is 2.08 bits per heavy atom. The molecule has 1 aromatic carbocycles. The van der Waals surface area contributed by atoms with Crippen molar-refractivity contribution in [3.63, 3.8) is 0 Å². The molecule has 0 fully saturated rings. The first-order chi connectivity index (χ1) is 11.4. The number of nitrogens with one attached hydrogen (secondary N) is 2. The van der Waals surface area contributed by atoms with Gasteiger partial charge in [-0.05, 0) is 24.6 Å². The molecular formula is C14H18N4O4S2. The molecule has 0 spiro atoms. The highest BCUT2D eigenvalue weighted by Crippen LogP contribution is 2.29. The van der Waals surface area contributed by atoms with Gasteiger partial charge >= 0.3 is 0 Å². The smallest absolute Gasteiger partial charge is 0.267 e. The summed E-state index contributed by atoms with van der Waals surface area (Å²) in [6.07, 6.45) is 1.63. The van der Waals surface area contributed by atoms with E-state index in [2.05, 4.69) is 20.2 Å². The Morgan fingerprint density at radius 1 is 1.33 bits per heavy atom. The molecule has 1 heterocycles. The third kappa shape index (κ3) is 4.42. The third-order valence-corrected chi connectivity index (χ3v) is 5.31. The average molecular weight is 370 g/mol. The second-order valence-corrected chi connectivity index (χ2v) is 7.62. The molecule has 0 unspecified atom stereocenters. The molecule has 0 bridgehead atoms. The molecule has 0 radical (unpaired) electrons. The molecule has 0 aliphatic rings. The number of amides is 1. The number of hydrogen-bond donors (Lipinski definition) is 2. The first-order valence-corrected chi connectivity index (χ1v) is 9.46. The predicted molar refractivity (Wildman–Crippen MR) is 92.0 cm³/mol. The fourth-order valence-corrected chi connectivity index (χ4v) is 4.21. The highest BCUT2D eigenvalue weighted by atomic mass is 32.2. The number of anilines is 2. The van der Waals surface area contributed by atoms with E-state index in [1.54, 1.807) is 6.07 Å². The van der Waals surface area contributed by atoms with Crippen LogP contribution in [0.15, 0.2) is 23.1 Å². The predicted octanol–water partition coefficient (Wildman–Crippen LogP) is 2.26. The third-order valence-electron chi connectivity index (χ3n) is 2.93. The van der Waals surface area contributed by atoms with E-state index in [1.165, 1.54) is 37.5 Å².